The normalized spacial score (nSPS) is 37.8. The van der Waals surface area contributed by atoms with Gasteiger partial charge in [-0.15, -0.1) is 24.8 Å². The Bertz CT molecular complexity index is 355. The lowest BCUT2D eigenvalue weighted by Crippen LogP contribution is -2.55. The molecule has 2 heterocycles. The molecule has 3 aliphatic rings. The summed E-state index contributed by atoms with van der Waals surface area (Å²) in [5.41, 5.74) is 6.07. The van der Waals surface area contributed by atoms with E-state index in [0.717, 1.165) is 25.7 Å². The Balaban J connectivity index is 0.00000121. The Morgan fingerprint density at radius 2 is 1.68 bits per heavy atom. The minimum absolute atomic E-state index is 0. The van der Waals surface area contributed by atoms with Gasteiger partial charge in [0.05, 0.1) is 0 Å². The standard InChI is InChI=1S/C16H29N3O.2ClH/c1-19-13-5-3-6-14(19)10-12(9-13)18-16(20)8-11-4-2-7-15(11)17;;/h11-15H,2-10,17H2,1H3,(H,18,20);2*1H/t11-,12?,13?,14?,15+;;/m0../s1. The molecule has 2 unspecified atom stereocenters. The van der Waals surface area contributed by atoms with E-state index in [1.54, 1.807) is 0 Å². The summed E-state index contributed by atoms with van der Waals surface area (Å²) in [6, 6.07) is 2.01. The molecule has 6 heteroatoms. The van der Waals surface area contributed by atoms with Crippen molar-refractivity contribution in [2.24, 2.45) is 11.7 Å². The van der Waals surface area contributed by atoms with Gasteiger partial charge in [0, 0.05) is 30.6 Å². The minimum atomic E-state index is 0. The van der Waals surface area contributed by atoms with Gasteiger partial charge in [-0.05, 0) is 51.5 Å². The summed E-state index contributed by atoms with van der Waals surface area (Å²) < 4.78 is 0. The number of carbonyl (C=O) groups excluding carboxylic acids is 1. The number of nitrogens with zero attached hydrogens (tertiary/aromatic N) is 1. The summed E-state index contributed by atoms with van der Waals surface area (Å²) in [5, 5.41) is 3.29. The number of halogens is 2. The number of rotatable bonds is 3. The highest BCUT2D eigenvalue weighted by Crippen LogP contribution is 2.33. The van der Waals surface area contributed by atoms with Crippen molar-refractivity contribution in [1.29, 1.82) is 0 Å². The van der Waals surface area contributed by atoms with Crippen LogP contribution >= 0.6 is 24.8 Å². The molecule has 1 amide bonds. The van der Waals surface area contributed by atoms with Gasteiger partial charge >= 0.3 is 0 Å². The third-order valence-electron chi connectivity index (χ3n) is 5.87. The average Bonchev–Trinajstić information content (AvgIpc) is 2.76. The topological polar surface area (TPSA) is 58.4 Å². The highest BCUT2D eigenvalue weighted by molar-refractivity contribution is 5.85. The third-order valence-corrected chi connectivity index (χ3v) is 5.87. The van der Waals surface area contributed by atoms with Crippen LogP contribution in [0.15, 0.2) is 0 Å². The summed E-state index contributed by atoms with van der Waals surface area (Å²) >= 11 is 0. The number of amides is 1. The van der Waals surface area contributed by atoms with E-state index < -0.39 is 0 Å². The average molecular weight is 352 g/mol. The van der Waals surface area contributed by atoms with E-state index in [0.29, 0.717) is 30.5 Å². The van der Waals surface area contributed by atoms with E-state index in [1.165, 1.54) is 25.7 Å². The molecule has 130 valence electrons. The van der Waals surface area contributed by atoms with Crippen molar-refractivity contribution in [2.45, 2.75) is 82.0 Å². The van der Waals surface area contributed by atoms with Crippen molar-refractivity contribution in [1.82, 2.24) is 10.2 Å². The number of hydrogen-bond acceptors (Lipinski definition) is 3. The van der Waals surface area contributed by atoms with Gasteiger partial charge in [-0.2, -0.15) is 0 Å². The molecule has 0 spiro atoms. The number of piperidine rings is 2. The molecule has 3 N–H and O–H groups in total. The molecule has 0 aromatic heterocycles. The van der Waals surface area contributed by atoms with Crippen LogP contribution in [0, 0.1) is 5.92 Å². The van der Waals surface area contributed by atoms with Gasteiger partial charge in [0.15, 0.2) is 0 Å². The molecule has 1 aliphatic carbocycles. The molecule has 22 heavy (non-hydrogen) atoms. The minimum Gasteiger partial charge on any atom is -0.353 e. The maximum Gasteiger partial charge on any atom is 0.220 e. The maximum absolute atomic E-state index is 12.2. The van der Waals surface area contributed by atoms with Crippen LogP contribution in [0.4, 0.5) is 0 Å². The van der Waals surface area contributed by atoms with Crippen molar-refractivity contribution in [3.63, 3.8) is 0 Å². The summed E-state index contributed by atoms with van der Waals surface area (Å²) in [5.74, 6) is 0.653. The second-order valence-corrected chi connectivity index (χ2v) is 7.20. The fourth-order valence-corrected chi connectivity index (χ4v) is 4.58. The molecular formula is C16H31Cl2N3O. The van der Waals surface area contributed by atoms with Crippen molar-refractivity contribution in [3.05, 3.63) is 0 Å². The first-order valence-electron chi connectivity index (χ1n) is 8.40. The first-order chi connectivity index (χ1) is 9.63. The third kappa shape index (κ3) is 4.50. The van der Waals surface area contributed by atoms with Gasteiger partial charge in [-0.3, -0.25) is 4.79 Å². The lowest BCUT2D eigenvalue weighted by Gasteiger charge is -2.47. The van der Waals surface area contributed by atoms with Gasteiger partial charge in [0.2, 0.25) is 5.91 Å². The van der Waals surface area contributed by atoms with Crippen molar-refractivity contribution >= 4 is 30.7 Å². The first-order valence-corrected chi connectivity index (χ1v) is 8.40. The second-order valence-electron chi connectivity index (χ2n) is 7.20. The van der Waals surface area contributed by atoms with Crippen LogP contribution in [0.25, 0.3) is 0 Å². The molecule has 0 radical (unpaired) electrons. The van der Waals surface area contributed by atoms with Crippen LogP contribution in [0.2, 0.25) is 0 Å². The molecular weight excluding hydrogens is 321 g/mol. The zero-order valence-electron chi connectivity index (χ0n) is 13.5. The second kappa shape index (κ2) is 8.72. The zero-order chi connectivity index (χ0) is 14.1. The van der Waals surface area contributed by atoms with E-state index in [9.17, 15) is 4.79 Å². The van der Waals surface area contributed by atoms with Crippen molar-refractivity contribution in [3.8, 4) is 0 Å². The van der Waals surface area contributed by atoms with Gasteiger partial charge in [0.25, 0.3) is 0 Å². The van der Waals surface area contributed by atoms with Crippen molar-refractivity contribution < 1.29 is 4.79 Å². The number of carbonyl (C=O) groups is 1. The Morgan fingerprint density at radius 1 is 1.09 bits per heavy atom. The van der Waals surface area contributed by atoms with Crippen LogP contribution in [-0.2, 0) is 4.79 Å². The van der Waals surface area contributed by atoms with E-state index in [-0.39, 0.29) is 36.8 Å². The Morgan fingerprint density at radius 3 is 2.23 bits per heavy atom. The highest BCUT2D eigenvalue weighted by Gasteiger charge is 2.36. The van der Waals surface area contributed by atoms with Crippen LogP contribution < -0.4 is 11.1 Å². The highest BCUT2D eigenvalue weighted by atomic mass is 35.5. The fraction of sp³-hybridized carbons (Fsp3) is 0.938. The monoisotopic (exact) mass is 351 g/mol. The van der Waals surface area contributed by atoms with Crippen LogP contribution in [0.3, 0.4) is 0 Å². The summed E-state index contributed by atoms with van der Waals surface area (Å²) in [7, 11) is 2.25. The lowest BCUT2D eigenvalue weighted by molar-refractivity contribution is -0.123. The number of fused-ring (bicyclic) bond motifs is 2. The quantitative estimate of drug-likeness (QED) is 0.820. The molecule has 2 saturated heterocycles. The predicted molar refractivity (Wildman–Crippen MR) is 94.8 cm³/mol. The molecule has 2 aliphatic heterocycles. The van der Waals surface area contributed by atoms with Crippen LogP contribution in [-0.4, -0.2) is 42.0 Å². The first kappa shape index (κ1) is 20.0. The lowest BCUT2D eigenvalue weighted by atomic mass is 9.82. The Hall–Kier alpha value is -0.0300. The molecule has 0 aromatic carbocycles. The molecule has 3 fully saturated rings. The molecule has 0 aromatic rings. The molecule has 4 atom stereocenters. The fourth-order valence-electron chi connectivity index (χ4n) is 4.58. The Labute approximate surface area is 146 Å². The van der Waals surface area contributed by atoms with E-state index in [2.05, 4.69) is 17.3 Å². The largest absolute Gasteiger partial charge is 0.353 e. The van der Waals surface area contributed by atoms with E-state index >= 15 is 0 Å². The van der Waals surface area contributed by atoms with Crippen LogP contribution in [0.5, 0.6) is 0 Å². The molecule has 2 bridgehead atoms. The Kier molecular flexibility index (Phi) is 7.93. The number of nitrogens with one attached hydrogen (secondary N) is 1. The number of nitrogens with two attached hydrogens (primary N) is 1. The molecule has 4 nitrogen and oxygen atoms in total. The zero-order valence-corrected chi connectivity index (χ0v) is 15.1. The van der Waals surface area contributed by atoms with Gasteiger partial charge < -0.3 is 16.0 Å². The SMILES string of the molecule is CN1C2CCCC1CC(NC(=O)C[C@@H]1CCC[C@H]1N)C2.Cl.Cl. The maximum atomic E-state index is 12.2. The van der Waals surface area contributed by atoms with Gasteiger partial charge in [-0.25, -0.2) is 0 Å². The van der Waals surface area contributed by atoms with Crippen molar-refractivity contribution in [2.75, 3.05) is 7.05 Å². The van der Waals surface area contributed by atoms with E-state index in [1.807, 2.05) is 0 Å². The molecule has 1 saturated carbocycles. The summed E-state index contributed by atoms with van der Waals surface area (Å²) in [6.45, 7) is 0. The predicted octanol–water partition coefficient (Wildman–Crippen LogP) is 2.48. The summed E-state index contributed by atoms with van der Waals surface area (Å²) in [6.07, 6.45) is 10.3. The summed E-state index contributed by atoms with van der Waals surface area (Å²) in [4.78, 5) is 14.8. The smallest absolute Gasteiger partial charge is 0.220 e. The van der Waals surface area contributed by atoms with Gasteiger partial charge in [-0.1, -0.05) is 12.8 Å². The molecule has 3 rings (SSSR count). The van der Waals surface area contributed by atoms with Gasteiger partial charge in [0.1, 0.15) is 0 Å². The number of hydrogen-bond donors (Lipinski definition) is 2. The van der Waals surface area contributed by atoms with Crippen LogP contribution in [0.1, 0.15) is 57.8 Å². The van der Waals surface area contributed by atoms with E-state index in [4.69, 9.17) is 5.73 Å².